The van der Waals surface area contributed by atoms with Crippen LogP contribution in [0.3, 0.4) is 0 Å². The Labute approximate surface area is 137 Å². The molecule has 1 atom stereocenters. The number of nitrogens with one attached hydrogen (secondary N) is 1. The number of aromatic nitrogens is 1. The minimum atomic E-state index is -0.637. The summed E-state index contributed by atoms with van der Waals surface area (Å²) in [6.45, 7) is 4.02. The SMILES string of the molecule is CC(NCC1(O)CCOCC1)c1ccc(-c2cccnc2)cc1. The van der Waals surface area contributed by atoms with Crippen LogP contribution < -0.4 is 5.32 Å². The predicted molar refractivity (Wildman–Crippen MR) is 91.1 cm³/mol. The molecule has 2 heterocycles. The number of rotatable bonds is 5. The van der Waals surface area contributed by atoms with Gasteiger partial charge in [-0.3, -0.25) is 4.98 Å². The van der Waals surface area contributed by atoms with Crippen LogP contribution >= 0.6 is 0 Å². The van der Waals surface area contributed by atoms with Crippen molar-refractivity contribution in [3.8, 4) is 11.1 Å². The van der Waals surface area contributed by atoms with Crippen LogP contribution in [-0.4, -0.2) is 35.5 Å². The third kappa shape index (κ3) is 4.16. The van der Waals surface area contributed by atoms with E-state index in [1.165, 1.54) is 5.56 Å². The van der Waals surface area contributed by atoms with Gasteiger partial charge in [0.15, 0.2) is 0 Å². The third-order valence-electron chi connectivity index (χ3n) is 4.57. The maximum Gasteiger partial charge on any atom is 0.0815 e. The molecule has 1 saturated heterocycles. The highest BCUT2D eigenvalue weighted by molar-refractivity contribution is 5.62. The first-order chi connectivity index (χ1) is 11.2. The summed E-state index contributed by atoms with van der Waals surface area (Å²) in [5.41, 5.74) is 2.86. The lowest BCUT2D eigenvalue weighted by molar-refractivity contribution is -0.0626. The first kappa shape index (κ1) is 16.1. The number of benzene rings is 1. The summed E-state index contributed by atoms with van der Waals surface area (Å²) in [6, 6.07) is 12.7. The third-order valence-corrected chi connectivity index (χ3v) is 4.57. The van der Waals surface area contributed by atoms with Gasteiger partial charge in [-0.05, 0) is 29.7 Å². The Bertz CT molecular complexity index is 607. The average Bonchev–Trinajstić information content (AvgIpc) is 2.61. The quantitative estimate of drug-likeness (QED) is 0.891. The maximum absolute atomic E-state index is 10.5. The van der Waals surface area contributed by atoms with Crippen LogP contribution in [0.1, 0.15) is 31.4 Å². The van der Waals surface area contributed by atoms with Crippen molar-refractivity contribution in [2.45, 2.75) is 31.4 Å². The number of nitrogens with zero attached hydrogens (tertiary/aromatic N) is 1. The number of hydrogen-bond acceptors (Lipinski definition) is 4. The molecular formula is C19H24N2O2. The smallest absolute Gasteiger partial charge is 0.0815 e. The van der Waals surface area contributed by atoms with E-state index in [4.69, 9.17) is 4.74 Å². The van der Waals surface area contributed by atoms with Gasteiger partial charge in [-0.2, -0.15) is 0 Å². The number of aliphatic hydroxyl groups is 1. The Kier molecular flexibility index (Phi) is 5.06. The highest BCUT2D eigenvalue weighted by Crippen LogP contribution is 2.23. The Morgan fingerprint density at radius 3 is 2.57 bits per heavy atom. The monoisotopic (exact) mass is 312 g/mol. The van der Waals surface area contributed by atoms with Gasteiger partial charge in [0.1, 0.15) is 0 Å². The van der Waals surface area contributed by atoms with E-state index >= 15 is 0 Å². The fourth-order valence-electron chi connectivity index (χ4n) is 2.89. The lowest BCUT2D eigenvalue weighted by atomic mass is 9.93. The summed E-state index contributed by atoms with van der Waals surface area (Å²) in [5, 5.41) is 14.0. The molecular weight excluding hydrogens is 288 g/mol. The lowest BCUT2D eigenvalue weighted by Crippen LogP contribution is -2.45. The van der Waals surface area contributed by atoms with Crippen LogP contribution in [0, 0.1) is 0 Å². The first-order valence-electron chi connectivity index (χ1n) is 8.20. The largest absolute Gasteiger partial charge is 0.388 e. The van der Waals surface area contributed by atoms with Crippen molar-refractivity contribution in [1.82, 2.24) is 10.3 Å². The summed E-state index contributed by atoms with van der Waals surface area (Å²) in [7, 11) is 0. The van der Waals surface area contributed by atoms with Crippen LogP contribution in [0.15, 0.2) is 48.8 Å². The second-order valence-corrected chi connectivity index (χ2v) is 6.30. The van der Waals surface area contributed by atoms with Gasteiger partial charge in [-0.1, -0.05) is 30.3 Å². The zero-order chi connectivity index (χ0) is 16.1. The van der Waals surface area contributed by atoms with Crippen LogP contribution in [0.4, 0.5) is 0 Å². The minimum absolute atomic E-state index is 0.199. The normalized spacial score (nSPS) is 18.5. The Hall–Kier alpha value is -1.75. The molecule has 23 heavy (non-hydrogen) atoms. The van der Waals surface area contributed by atoms with E-state index in [1.807, 2.05) is 12.3 Å². The Balaban J connectivity index is 1.60. The second kappa shape index (κ2) is 7.21. The van der Waals surface area contributed by atoms with E-state index in [0.29, 0.717) is 32.6 Å². The fourth-order valence-corrected chi connectivity index (χ4v) is 2.89. The Morgan fingerprint density at radius 2 is 1.91 bits per heavy atom. The average molecular weight is 312 g/mol. The van der Waals surface area contributed by atoms with Crippen molar-refractivity contribution in [2.75, 3.05) is 19.8 Å². The van der Waals surface area contributed by atoms with Crippen molar-refractivity contribution in [3.05, 3.63) is 54.4 Å². The molecule has 2 aromatic rings. The van der Waals surface area contributed by atoms with Crippen molar-refractivity contribution in [2.24, 2.45) is 0 Å². The summed E-state index contributed by atoms with van der Waals surface area (Å²) >= 11 is 0. The highest BCUT2D eigenvalue weighted by Gasteiger charge is 2.29. The van der Waals surface area contributed by atoms with Gasteiger partial charge >= 0.3 is 0 Å². The molecule has 1 aliphatic rings. The number of ether oxygens (including phenoxy) is 1. The van der Waals surface area contributed by atoms with Crippen molar-refractivity contribution in [3.63, 3.8) is 0 Å². The van der Waals surface area contributed by atoms with Gasteiger partial charge in [-0.25, -0.2) is 0 Å². The van der Waals surface area contributed by atoms with E-state index < -0.39 is 5.60 Å². The molecule has 0 saturated carbocycles. The number of pyridine rings is 1. The molecule has 1 fully saturated rings. The molecule has 0 spiro atoms. The maximum atomic E-state index is 10.5. The van der Waals surface area contributed by atoms with E-state index in [9.17, 15) is 5.11 Å². The fraction of sp³-hybridized carbons (Fsp3) is 0.421. The van der Waals surface area contributed by atoms with Gasteiger partial charge in [0.05, 0.1) is 5.60 Å². The summed E-state index contributed by atoms with van der Waals surface area (Å²) in [5.74, 6) is 0. The molecule has 0 bridgehead atoms. The molecule has 1 unspecified atom stereocenters. The predicted octanol–water partition coefficient (Wildman–Crippen LogP) is 2.94. The van der Waals surface area contributed by atoms with Gasteiger partial charge in [-0.15, -0.1) is 0 Å². The van der Waals surface area contributed by atoms with E-state index in [2.05, 4.69) is 47.6 Å². The van der Waals surface area contributed by atoms with Gasteiger partial charge < -0.3 is 15.2 Å². The molecule has 122 valence electrons. The first-order valence-corrected chi connectivity index (χ1v) is 8.20. The molecule has 0 aliphatic carbocycles. The van der Waals surface area contributed by atoms with Gasteiger partial charge in [0, 0.05) is 51.0 Å². The zero-order valence-corrected chi connectivity index (χ0v) is 13.5. The van der Waals surface area contributed by atoms with Crippen LogP contribution in [-0.2, 0) is 4.74 Å². The molecule has 1 aromatic heterocycles. The van der Waals surface area contributed by atoms with Gasteiger partial charge in [0.2, 0.25) is 0 Å². The number of hydrogen-bond donors (Lipinski definition) is 2. The summed E-state index contributed by atoms with van der Waals surface area (Å²) < 4.78 is 5.32. The highest BCUT2D eigenvalue weighted by atomic mass is 16.5. The lowest BCUT2D eigenvalue weighted by Gasteiger charge is -2.33. The van der Waals surface area contributed by atoms with Crippen molar-refractivity contribution in [1.29, 1.82) is 0 Å². The van der Waals surface area contributed by atoms with Crippen molar-refractivity contribution >= 4 is 0 Å². The van der Waals surface area contributed by atoms with E-state index in [-0.39, 0.29) is 6.04 Å². The molecule has 4 heteroatoms. The van der Waals surface area contributed by atoms with Gasteiger partial charge in [0.25, 0.3) is 0 Å². The molecule has 3 rings (SSSR count). The molecule has 0 radical (unpaired) electrons. The van der Waals surface area contributed by atoms with Crippen LogP contribution in [0.25, 0.3) is 11.1 Å². The summed E-state index contributed by atoms with van der Waals surface area (Å²) in [4.78, 5) is 4.16. The zero-order valence-electron chi connectivity index (χ0n) is 13.5. The summed E-state index contributed by atoms with van der Waals surface area (Å²) in [6.07, 6.45) is 5.06. The Morgan fingerprint density at radius 1 is 1.17 bits per heavy atom. The van der Waals surface area contributed by atoms with Crippen LogP contribution in [0.2, 0.25) is 0 Å². The van der Waals surface area contributed by atoms with Crippen molar-refractivity contribution < 1.29 is 9.84 Å². The van der Waals surface area contributed by atoms with E-state index in [0.717, 1.165) is 11.1 Å². The topological polar surface area (TPSA) is 54.4 Å². The molecule has 1 aromatic carbocycles. The standard InChI is InChI=1S/C19H24N2O2/c1-15(21-14-19(22)8-11-23-12-9-19)16-4-6-17(7-5-16)18-3-2-10-20-13-18/h2-7,10,13,15,21-22H,8-9,11-12,14H2,1H3. The van der Waals surface area contributed by atoms with Crippen LogP contribution in [0.5, 0.6) is 0 Å². The molecule has 0 amide bonds. The second-order valence-electron chi connectivity index (χ2n) is 6.30. The molecule has 1 aliphatic heterocycles. The van der Waals surface area contributed by atoms with E-state index in [1.54, 1.807) is 6.20 Å². The minimum Gasteiger partial charge on any atom is -0.388 e. The molecule has 2 N–H and O–H groups in total. The molecule has 4 nitrogen and oxygen atoms in total.